The number of methoxy groups -OCH3 is 1. The van der Waals surface area contributed by atoms with Gasteiger partial charge in [-0.15, -0.1) is 0 Å². The van der Waals surface area contributed by atoms with E-state index in [0.29, 0.717) is 22.9 Å². The van der Waals surface area contributed by atoms with Crippen LogP contribution in [-0.2, 0) is 11.2 Å². The van der Waals surface area contributed by atoms with E-state index in [2.05, 4.69) is 5.32 Å². The van der Waals surface area contributed by atoms with Crippen molar-refractivity contribution in [3.05, 3.63) is 58.9 Å². The number of hydrogen-bond acceptors (Lipinski definition) is 3. The van der Waals surface area contributed by atoms with Gasteiger partial charge in [-0.25, -0.2) is 4.39 Å². The Labute approximate surface area is 145 Å². The molecule has 1 atom stereocenters. The SMILES string of the molecule is COc1ccc(OC[C@@H](C)NC(=O)Cc2ccc(Cl)cc2F)cc1. The van der Waals surface area contributed by atoms with Crippen LogP contribution < -0.4 is 14.8 Å². The number of carbonyl (C=O) groups excluding carboxylic acids is 1. The van der Waals surface area contributed by atoms with E-state index in [1.165, 1.54) is 12.1 Å². The van der Waals surface area contributed by atoms with Gasteiger partial charge in [-0.05, 0) is 48.9 Å². The van der Waals surface area contributed by atoms with Crippen LogP contribution in [-0.4, -0.2) is 25.7 Å². The average molecular weight is 352 g/mol. The van der Waals surface area contributed by atoms with Crippen molar-refractivity contribution in [1.29, 1.82) is 0 Å². The summed E-state index contributed by atoms with van der Waals surface area (Å²) in [6.45, 7) is 2.13. The molecule has 0 spiro atoms. The van der Waals surface area contributed by atoms with Gasteiger partial charge in [-0.2, -0.15) is 0 Å². The molecular formula is C18H19ClFNO3. The normalized spacial score (nSPS) is 11.7. The third-order valence-corrected chi connectivity index (χ3v) is 3.57. The molecule has 0 saturated carbocycles. The maximum Gasteiger partial charge on any atom is 0.224 e. The number of carbonyl (C=O) groups is 1. The highest BCUT2D eigenvalue weighted by atomic mass is 35.5. The first-order chi connectivity index (χ1) is 11.5. The third kappa shape index (κ3) is 5.42. The van der Waals surface area contributed by atoms with Gasteiger partial charge in [0, 0.05) is 5.02 Å². The number of halogens is 2. The van der Waals surface area contributed by atoms with E-state index in [1.54, 1.807) is 37.4 Å². The Balaban J connectivity index is 1.80. The Morgan fingerprint density at radius 3 is 2.50 bits per heavy atom. The van der Waals surface area contributed by atoms with Crippen molar-refractivity contribution < 1.29 is 18.7 Å². The predicted octanol–water partition coefficient (Wildman–Crippen LogP) is 3.61. The average Bonchev–Trinajstić information content (AvgIpc) is 2.56. The fourth-order valence-electron chi connectivity index (χ4n) is 2.10. The zero-order valence-electron chi connectivity index (χ0n) is 13.5. The summed E-state index contributed by atoms with van der Waals surface area (Å²) in [6.07, 6.45) is -0.0458. The molecule has 2 aromatic carbocycles. The predicted molar refractivity (Wildman–Crippen MR) is 91.2 cm³/mol. The second kappa shape index (κ2) is 8.55. The highest BCUT2D eigenvalue weighted by Crippen LogP contribution is 2.17. The minimum absolute atomic E-state index is 0.0458. The van der Waals surface area contributed by atoms with Crippen LogP contribution in [0.15, 0.2) is 42.5 Å². The molecule has 4 nitrogen and oxygen atoms in total. The van der Waals surface area contributed by atoms with Crippen LogP contribution in [0, 0.1) is 5.82 Å². The lowest BCUT2D eigenvalue weighted by atomic mass is 10.1. The summed E-state index contributed by atoms with van der Waals surface area (Å²) in [5, 5.41) is 3.08. The maximum atomic E-state index is 13.7. The van der Waals surface area contributed by atoms with E-state index in [0.717, 1.165) is 5.75 Å². The number of rotatable bonds is 7. The Bertz CT molecular complexity index is 691. The van der Waals surface area contributed by atoms with Crippen molar-refractivity contribution in [1.82, 2.24) is 5.32 Å². The molecule has 0 aliphatic rings. The molecule has 0 unspecified atom stereocenters. The Hall–Kier alpha value is -2.27. The first kappa shape index (κ1) is 18.1. The van der Waals surface area contributed by atoms with Gasteiger partial charge in [-0.1, -0.05) is 17.7 Å². The molecule has 6 heteroatoms. The summed E-state index contributed by atoms with van der Waals surface area (Å²) >= 11 is 5.69. The van der Waals surface area contributed by atoms with E-state index in [-0.39, 0.29) is 18.4 Å². The van der Waals surface area contributed by atoms with Crippen LogP contribution in [0.2, 0.25) is 5.02 Å². The quantitative estimate of drug-likeness (QED) is 0.829. The number of benzene rings is 2. The Kier molecular flexibility index (Phi) is 6.44. The molecule has 0 aromatic heterocycles. The topological polar surface area (TPSA) is 47.6 Å². The summed E-state index contributed by atoms with van der Waals surface area (Å²) in [5.74, 6) is 0.663. The molecule has 2 aromatic rings. The van der Waals surface area contributed by atoms with Gasteiger partial charge in [0.1, 0.15) is 23.9 Å². The first-order valence-corrected chi connectivity index (χ1v) is 7.86. The number of nitrogens with one attached hydrogen (secondary N) is 1. The zero-order valence-corrected chi connectivity index (χ0v) is 14.3. The van der Waals surface area contributed by atoms with E-state index >= 15 is 0 Å². The van der Waals surface area contributed by atoms with Crippen LogP contribution >= 0.6 is 11.6 Å². The van der Waals surface area contributed by atoms with Crippen LogP contribution in [0.4, 0.5) is 4.39 Å². The Morgan fingerprint density at radius 2 is 1.88 bits per heavy atom. The van der Waals surface area contributed by atoms with Gasteiger partial charge in [0.25, 0.3) is 0 Å². The molecule has 0 saturated heterocycles. The standard InChI is InChI=1S/C18H19ClFNO3/c1-12(11-24-16-7-5-15(23-2)6-8-16)21-18(22)9-13-3-4-14(19)10-17(13)20/h3-8,10,12H,9,11H2,1-2H3,(H,21,22)/t12-/m1/s1. The summed E-state index contributed by atoms with van der Waals surface area (Å²) in [7, 11) is 1.59. The van der Waals surface area contributed by atoms with Crippen molar-refractivity contribution in [2.75, 3.05) is 13.7 Å². The van der Waals surface area contributed by atoms with Crippen LogP contribution in [0.5, 0.6) is 11.5 Å². The van der Waals surface area contributed by atoms with Gasteiger partial charge in [0.2, 0.25) is 5.91 Å². The van der Waals surface area contributed by atoms with Gasteiger partial charge >= 0.3 is 0 Å². The second-order valence-electron chi connectivity index (χ2n) is 5.37. The minimum atomic E-state index is -0.486. The third-order valence-electron chi connectivity index (χ3n) is 3.33. The second-order valence-corrected chi connectivity index (χ2v) is 5.80. The molecule has 1 N–H and O–H groups in total. The van der Waals surface area contributed by atoms with Gasteiger partial charge in [0.05, 0.1) is 19.6 Å². The molecule has 0 radical (unpaired) electrons. The number of ether oxygens (including phenoxy) is 2. The van der Waals surface area contributed by atoms with Crippen molar-refractivity contribution in [2.45, 2.75) is 19.4 Å². The zero-order chi connectivity index (χ0) is 17.5. The molecule has 2 rings (SSSR count). The van der Waals surface area contributed by atoms with E-state index in [4.69, 9.17) is 21.1 Å². The van der Waals surface area contributed by atoms with Crippen LogP contribution in [0.3, 0.4) is 0 Å². The number of hydrogen-bond donors (Lipinski definition) is 1. The van der Waals surface area contributed by atoms with Crippen molar-refractivity contribution >= 4 is 17.5 Å². The van der Waals surface area contributed by atoms with Crippen LogP contribution in [0.25, 0.3) is 0 Å². The minimum Gasteiger partial charge on any atom is -0.497 e. The lowest BCUT2D eigenvalue weighted by Crippen LogP contribution is -2.37. The summed E-state index contributed by atoms with van der Waals surface area (Å²) in [5.41, 5.74) is 0.306. The molecule has 0 fully saturated rings. The van der Waals surface area contributed by atoms with E-state index < -0.39 is 5.82 Å². The molecular weight excluding hydrogens is 333 g/mol. The smallest absolute Gasteiger partial charge is 0.224 e. The van der Waals surface area contributed by atoms with E-state index in [1.807, 2.05) is 6.92 Å². The molecule has 0 aliphatic heterocycles. The summed E-state index contributed by atoms with van der Waals surface area (Å²) in [4.78, 5) is 12.0. The lowest BCUT2D eigenvalue weighted by Gasteiger charge is -2.15. The molecule has 0 heterocycles. The van der Waals surface area contributed by atoms with Crippen molar-refractivity contribution in [3.8, 4) is 11.5 Å². The number of amides is 1. The van der Waals surface area contributed by atoms with E-state index in [9.17, 15) is 9.18 Å². The fourth-order valence-corrected chi connectivity index (χ4v) is 2.26. The van der Waals surface area contributed by atoms with Gasteiger partial charge in [-0.3, -0.25) is 4.79 Å². The largest absolute Gasteiger partial charge is 0.497 e. The summed E-state index contributed by atoms with van der Waals surface area (Å²) in [6, 6.07) is 11.2. The molecule has 0 bridgehead atoms. The molecule has 0 aliphatic carbocycles. The van der Waals surface area contributed by atoms with Gasteiger partial charge < -0.3 is 14.8 Å². The highest BCUT2D eigenvalue weighted by Gasteiger charge is 2.12. The summed E-state index contributed by atoms with van der Waals surface area (Å²) < 4.78 is 24.3. The maximum absolute atomic E-state index is 13.7. The first-order valence-electron chi connectivity index (χ1n) is 7.48. The lowest BCUT2D eigenvalue weighted by molar-refractivity contribution is -0.121. The van der Waals surface area contributed by atoms with Crippen molar-refractivity contribution in [3.63, 3.8) is 0 Å². The Morgan fingerprint density at radius 1 is 1.21 bits per heavy atom. The molecule has 1 amide bonds. The van der Waals surface area contributed by atoms with Gasteiger partial charge in [0.15, 0.2) is 0 Å². The highest BCUT2D eigenvalue weighted by molar-refractivity contribution is 6.30. The van der Waals surface area contributed by atoms with Crippen LogP contribution in [0.1, 0.15) is 12.5 Å². The van der Waals surface area contributed by atoms with Crippen molar-refractivity contribution in [2.24, 2.45) is 0 Å². The fraction of sp³-hybridized carbons (Fsp3) is 0.278. The monoisotopic (exact) mass is 351 g/mol. The molecule has 24 heavy (non-hydrogen) atoms. The molecule has 128 valence electrons.